The summed E-state index contributed by atoms with van der Waals surface area (Å²) >= 11 is 5.31. The van der Waals surface area contributed by atoms with E-state index in [4.69, 9.17) is 0 Å². The van der Waals surface area contributed by atoms with Gasteiger partial charge in [-0.15, -0.1) is 11.8 Å². The molecule has 3 aromatic rings. The zero-order chi connectivity index (χ0) is 15.5. The number of aryl methyl sites for hydroxylation is 1. The number of thioether (sulfide) groups is 1. The summed E-state index contributed by atoms with van der Waals surface area (Å²) in [7, 11) is 1.87. The molecular weight excluding hydrogens is 362 g/mol. The average molecular weight is 378 g/mol. The van der Waals surface area contributed by atoms with Gasteiger partial charge in [0.15, 0.2) is 5.65 Å². The van der Waals surface area contributed by atoms with Gasteiger partial charge < -0.3 is 5.32 Å². The second-order valence-corrected chi connectivity index (χ2v) is 7.22. The Morgan fingerprint density at radius 1 is 1.27 bits per heavy atom. The van der Waals surface area contributed by atoms with E-state index in [1.165, 1.54) is 4.90 Å². The molecule has 0 aliphatic carbocycles. The van der Waals surface area contributed by atoms with E-state index in [0.29, 0.717) is 5.25 Å². The summed E-state index contributed by atoms with van der Waals surface area (Å²) in [6, 6.07) is 10.4. The van der Waals surface area contributed by atoms with Crippen LogP contribution in [0.2, 0.25) is 0 Å². The van der Waals surface area contributed by atoms with Crippen molar-refractivity contribution in [3.63, 3.8) is 0 Å². The van der Waals surface area contributed by atoms with Crippen molar-refractivity contribution >= 4 is 44.5 Å². The Kier molecular flexibility index (Phi) is 4.63. The maximum Gasteiger partial charge on any atom is 0.164 e. The molecule has 1 N–H and O–H groups in total. The minimum absolute atomic E-state index is 0.419. The number of hydrogen-bond acceptors (Lipinski definition) is 5. The highest BCUT2D eigenvalue weighted by Crippen LogP contribution is 2.28. The Morgan fingerprint density at radius 2 is 2.05 bits per heavy atom. The number of benzene rings is 1. The molecule has 0 aliphatic heterocycles. The molecule has 1 atom stereocenters. The number of halogens is 1. The van der Waals surface area contributed by atoms with Crippen LogP contribution in [0.4, 0.5) is 5.82 Å². The van der Waals surface area contributed by atoms with E-state index < -0.39 is 0 Å². The van der Waals surface area contributed by atoms with Crippen LogP contribution in [0, 0.1) is 0 Å². The van der Waals surface area contributed by atoms with Crippen LogP contribution in [0.15, 0.2) is 46.2 Å². The van der Waals surface area contributed by atoms with Crippen LogP contribution in [-0.2, 0) is 7.05 Å². The lowest BCUT2D eigenvalue weighted by molar-refractivity contribution is 0.777. The summed E-state index contributed by atoms with van der Waals surface area (Å²) in [4.78, 5) is 9.89. The van der Waals surface area contributed by atoms with Crippen molar-refractivity contribution in [1.29, 1.82) is 0 Å². The molecule has 0 aliphatic rings. The molecule has 0 radical (unpaired) electrons. The molecule has 7 heteroatoms. The normalized spacial score (nSPS) is 12.5. The van der Waals surface area contributed by atoms with Crippen molar-refractivity contribution in [1.82, 2.24) is 19.7 Å². The summed E-state index contributed by atoms with van der Waals surface area (Å²) in [6.07, 6.45) is 1.56. The van der Waals surface area contributed by atoms with Crippen LogP contribution < -0.4 is 5.32 Å². The molecule has 22 heavy (non-hydrogen) atoms. The molecule has 5 nitrogen and oxygen atoms in total. The second kappa shape index (κ2) is 6.66. The van der Waals surface area contributed by atoms with Gasteiger partial charge in [-0.3, -0.25) is 0 Å². The van der Waals surface area contributed by atoms with Crippen molar-refractivity contribution in [2.75, 3.05) is 11.9 Å². The molecule has 0 spiro atoms. The molecule has 0 saturated carbocycles. The third-order valence-corrected chi connectivity index (χ3v) is 4.88. The summed E-state index contributed by atoms with van der Waals surface area (Å²) in [5.74, 6) is 0.811. The van der Waals surface area contributed by atoms with Crippen LogP contribution in [0.3, 0.4) is 0 Å². The van der Waals surface area contributed by atoms with Gasteiger partial charge in [0.25, 0.3) is 0 Å². The molecule has 114 valence electrons. The molecular formula is C15H16BrN5S. The van der Waals surface area contributed by atoms with E-state index in [9.17, 15) is 0 Å². The maximum atomic E-state index is 4.35. The van der Waals surface area contributed by atoms with Gasteiger partial charge in [-0.2, -0.15) is 5.10 Å². The van der Waals surface area contributed by atoms with Crippen LogP contribution in [0.5, 0.6) is 0 Å². The summed E-state index contributed by atoms with van der Waals surface area (Å²) in [6.45, 7) is 3.01. The van der Waals surface area contributed by atoms with Gasteiger partial charge in [0.1, 0.15) is 16.7 Å². The lowest BCUT2D eigenvalue weighted by atomic mass is 10.3. The number of hydrogen-bond donors (Lipinski definition) is 1. The summed E-state index contributed by atoms with van der Waals surface area (Å²) < 4.78 is 2.51. The van der Waals surface area contributed by atoms with Crippen LogP contribution in [-0.4, -0.2) is 31.5 Å². The molecule has 0 bridgehead atoms. The van der Waals surface area contributed by atoms with Gasteiger partial charge >= 0.3 is 0 Å². The van der Waals surface area contributed by atoms with E-state index in [0.717, 1.165) is 28.0 Å². The first kappa shape index (κ1) is 15.3. The number of aromatic nitrogens is 4. The average Bonchev–Trinajstić information content (AvgIpc) is 2.82. The maximum absolute atomic E-state index is 4.35. The van der Waals surface area contributed by atoms with Crippen molar-refractivity contribution in [3.8, 4) is 0 Å². The summed E-state index contributed by atoms with van der Waals surface area (Å²) in [5, 5.41) is 9.08. The zero-order valence-corrected chi connectivity index (χ0v) is 14.7. The molecule has 0 amide bonds. The highest BCUT2D eigenvalue weighted by Gasteiger charge is 2.14. The van der Waals surface area contributed by atoms with Crippen LogP contribution in [0.1, 0.15) is 6.92 Å². The zero-order valence-electron chi connectivity index (χ0n) is 12.3. The summed E-state index contributed by atoms with van der Waals surface area (Å²) in [5.41, 5.74) is 0.813. The van der Waals surface area contributed by atoms with Crippen molar-refractivity contribution in [2.45, 2.75) is 17.1 Å². The van der Waals surface area contributed by atoms with Gasteiger partial charge in [0, 0.05) is 23.7 Å². The molecule has 1 unspecified atom stereocenters. The molecule has 2 heterocycles. The topological polar surface area (TPSA) is 55.6 Å². The monoisotopic (exact) mass is 377 g/mol. The predicted molar refractivity (Wildman–Crippen MR) is 94.3 cm³/mol. The Labute approximate surface area is 141 Å². The third kappa shape index (κ3) is 3.25. The van der Waals surface area contributed by atoms with Crippen molar-refractivity contribution in [2.24, 2.45) is 7.05 Å². The van der Waals surface area contributed by atoms with E-state index in [-0.39, 0.29) is 0 Å². The number of nitrogens with one attached hydrogen (secondary N) is 1. The lowest BCUT2D eigenvalue weighted by Crippen LogP contribution is -2.14. The fourth-order valence-electron chi connectivity index (χ4n) is 2.19. The van der Waals surface area contributed by atoms with Gasteiger partial charge in [0.2, 0.25) is 0 Å². The SMILES string of the molecule is CC(CNc1ncnc2c1c(Br)nn2C)Sc1ccccc1. The largest absolute Gasteiger partial charge is 0.368 e. The van der Waals surface area contributed by atoms with Gasteiger partial charge in [0.05, 0.1) is 5.39 Å². The van der Waals surface area contributed by atoms with Crippen LogP contribution >= 0.6 is 27.7 Å². The van der Waals surface area contributed by atoms with E-state index >= 15 is 0 Å². The molecule has 1 aromatic carbocycles. The minimum Gasteiger partial charge on any atom is -0.368 e. The first-order chi connectivity index (χ1) is 10.6. The number of fused-ring (bicyclic) bond motifs is 1. The quantitative estimate of drug-likeness (QED) is 0.686. The fraction of sp³-hybridized carbons (Fsp3) is 0.267. The Morgan fingerprint density at radius 3 is 2.82 bits per heavy atom. The Hall–Kier alpha value is -1.60. The lowest BCUT2D eigenvalue weighted by Gasteiger charge is -2.13. The molecule has 0 saturated heterocycles. The smallest absolute Gasteiger partial charge is 0.164 e. The predicted octanol–water partition coefficient (Wildman–Crippen LogP) is 3.72. The van der Waals surface area contributed by atoms with Crippen molar-refractivity contribution in [3.05, 3.63) is 41.3 Å². The van der Waals surface area contributed by atoms with Gasteiger partial charge in [-0.25, -0.2) is 14.6 Å². The molecule has 0 fully saturated rings. The Balaban J connectivity index is 1.71. The molecule has 3 rings (SSSR count). The third-order valence-electron chi connectivity index (χ3n) is 3.22. The number of rotatable bonds is 5. The second-order valence-electron chi connectivity index (χ2n) is 4.96. The minimum atomic E-state index is 0.419. The number of anilines is 1. The van der Waals surface area contributed by atoms with Crippen LogP contribution in [0.25, 0.3) is 11.0 Å². The first-order valence-corrected chi connectivity index (χ1v) is 8.61. The highest BCUT2D eigenvalue weighted by molar-refractivity contribution is 9.10. The highest BCUT2D eigenvalue weighted by atomic mass is 79.9. The Bertz CT molecular complexity index is 774. The fourth-order valence-corrected chi connectivity index (χ4v) is 3.74. The first-order valence-electron chi connectivity index (χ1n) is 6.94. The van der Waals surface area contributed by atoms with Gasteiger partial charge in [-0.05, 0) is 28.1 Å². The number of nitrogens with zero attached hydrogens (tertiary/aromatic N) is 4. The standard InChI is InChI=1S/C15H16BrN5S/c1-10(22-11-6-4-3-5-7-11)8-17-14-12-13(16)20-21(2)15(12)19-9-18-14/h3-7,9-10H,8H2,1-2H3,(H,17,18,19). The van der Waals surface area contributed by atoms with E-state index in [1.54, 1.807) is 11.0 Å². The van der Waals surface area contributed by atoms with E-state index in [2.05, 4.69) is 67.5 Å². The van der Waals surface area contributed by atoms with Crippen molar-refractivity contribution < 1.29 is 0 Å². The van der Waals surface area contributed by atoms with Gasteiger partial charge in [-0.1, -0.05) is 25.1 Å². The molecule has 2 aromatic heterocycles. The van der Waals surface area contributed by atoms with E-state index in [1.807, 2.05) is 24.9 Å².